The van der Waals surface area contributed by atoms with Crippen molar-refractivity contribution in [3.8, 4) is 0 Å². The second-order valence-electron chi connectivity index (χ2n) is 30.3. The summed E-state index contributed by atoms with van der Waals surface area (Å²) in [5.74, 6) is -0.488. The zero-order valence-electron chi connectivity index (χ0n) is 67.0. The van der Waals surface area contributed by atoms with Crippen LogP contribution in [0.5, 0.6) is 0 Å². The third-order valence-corrected chi connectivity index (χ3v) is 31.2. The van der Waals surface area contributed by atoms with Crippen molar-refractivity contribution in [2.24, 2.45) is 0 Å². The summed E-state index contributed by atoms with van der Waals surface area (Å²) >= 11 is 29.9. The Morgan fingerprint density at radius 3 is 0.844 bits per heavy atom. The fourth-order valence-electron chi connectivity index (χ4n) is 15.8. The van der Waals surface area contributed by atoms with Gasteiger partial charge in [0.15, 0.2) is 124 Å². The number of nitrogens with one attached hydrogen (secondary N) is 3. The van der Waals surface area contributed by atoms with Gasteiger partial charge in [-0.1, -0.05) is 12.2 Å². The number of H-pyrrole nitrogens is 3. The molecule has 0 amide bonds. The molecule has 23 N–H and O–H groups in total. The average Bonchev–Trinajstić information content (AvgIpc) is 1.62. The molecule has 30 atom stereocenters. The van der Waals surface area contributed by atoms with E-state index in [1.165, 1.54) is 73.5 Å². The maximum absolute atomic E-state index is 16.0. The molecule has 21 rings (SSSR count). The molecule has 726 valence electrons. The van der Waals surface area contributed by atoms with Crippen molar-refractivity contribution < 1.29 is 140 Å². The number of aliphatic hydroxyl groups excluding tert-OH is 3. The number of rotatable bonds is 6. The molecular formula is C60H69F3N30O30P6S6. The van der Waals surface area contributed by atoms with Crippen molar-refractivity contribution >= 4 is 214 Å². The number of imidazole rings is 6. The number of thiol groups is 1. The molecule has 0 aromatic carbocycles. The van der Waals surface area contributed by atoms with Crippen molar-refractivity contribution in [1.29, 1.82) is 0 Å². The van der Waals surface area contributed by atoms with Crippen molar-refractivity contribution in [2.75, 3.05) is 74.0 Å². The maximum atomic E-state index is 16.0. The molecule has 9 fully saturated rings. The minimum Gasteiger partial charge on any atom is -0.386 e. The molecule has 75 heteroatoms. The molecule has 21 heterocycles. The molecule has 135 heavy (non-hydrogen) atoms. The molecule has 0 aliphatic carbocycles. The predicted molar refractivity (Wildman–Crippen MR) is 467 cm³/mol. The van der Waals surface area contributed by atoms with Crippen LogP contribution in [0.4, 0.5) is 48.5 Å². The van der Waals surface area contributed by atoms with E-state index in [2.05, 4.69) is 102 Å². The van der Waals surface area contributed by atoms with E-state index in [4.69, 9.17) is 176 Å². The average molecular weight is 2130 g/mol. The van der Waals surface area contributed by atoms with Crippen LogP contribution in [0.15, 0.2) is 71.3 Å². The Morgan fingerprint density at radius 2 is 0.556 bits per heavy atom. The lowest BCUT2D eigenvalue weighted by Crippen LogP contribution is -2.38. The first-order chi connectivity index (χ1) is 63.9. The number of nitrogen functional groups attached to an aromatic ring is 6. The van der Waals surface area contributed by atoms with Gasteiger partial charge in [-0.25, -0.2) is 77.5 Å². The van der Waals surface area contributed by atoms with Crippen molar-refractivity contribution in [1.82, 2.24) is 117 Å². The highest BCUT2D eigenvalue weighted by Gasteiger charge is 2.59. The first-order valence-corrected chi connectivity index (χ1v) is 54.4. The third-order valence-electron chi connectivity index (χ3n) is 21.8. The van der Waals surface area contributed by atoms with Crippen LogP contribution in [0.1, 0.15) is 37.4 Å². The number of hydrogen-bond acceptors (Lipinski definition) is 51. The van der Waals surface area contributed by atoms with E-state index in [1.54, 1.807) is 0 Å². The summed E-state index contributed by atoms with van der Waals surface area (Å²) in [6.45, 7) is -29.1. The Kier molecular flexibility index (Phi) is 26.0. The molecule has 9 aliphatic rings. The van der Waals surface area contributed by atoms with Gasteiger partial charge in [0.1, 0.15) is 127 Å². The molecule has 9 aliphatic heterocycles. The van der Waals surface area contributed by atoms with Crippen LogP contribution >= 0.6 is 52.6 Å². The number of alkyl halides is 3. The van der Waals surface area contributed by atoms with E-state index in [0.717, 1.165) is 10.9 Å². The number of nitrogens with two attached hydrogens (primary N) is 6. The standard InChI is InChI=1S/3C20H23FN10O10P2S2/c21-8-12-6(38-18(8)31-5-27-10-16(31)28-20(23)29-17(10)33)1-36-43(35,45)41-13-7(2-37-42(34,44)40-12)39-19(11(13)32)30-4-26-9-14(22)24-3-25-15(9)30;2*21-8-12-6(38-18(8)30-4-26-9-14(22)24-3-25-15(9)30)1-36-43(35,45)41-13-7(2-37-42(34,44)40-12)39-19(11(13)32)31-5-27-10-16(31)28-20(23)29-17(10)33/h3*3-8,11-13,18-19,32H,1-2H2,(H,34,44)(H,35,45)(H2,22,24,25)(H3,23,28,29,33)/t3*6-,7-,8-,11-,12-,13-,18-,19-,42?,43?/m111/s1. The summed E-state index contributed by atoms with van der Waals surface area (Å²) in [6, 6.07) is 0. The zero-order chi connectivity index (χ0) is 95.5. The summed E-state index contributed by atoms with van der Waals surface area (Å²) in [6.07, 6.45) is -25.0. The lowest BCUT2D eigenvalue weighted by Gasteiger charge is -2.30. The van der Waals surface area contributed by atoms with Crippen molar-refractivity contribution in [3.05, 3.63) is 88.0 Å². The van der Waals surface area contributed by atoms with E-state index in [9.17, 15) is 58.7 Å². The lowest BCUT2D eigenvalue weighted by atomic mass is 10.1. The van der Waals surface area contributed by atoms with Crippen molar-refractivity contribution in [2.45, 2.75) is 147 Å². The van der Waals surface area contributed by atoms with E-state index in [1.807, 2.05) is 0 Å². The highest BCUT2D eigenvalue weighted by molar-refractivity contribution is 8.44. The number of aromatic nitrogens is 24. The SMILES string of the molecule is Nc1nc2c(ncn2[C@@H]2O[C@@H]3COP(O)(=S)O[C@H]4[C@@H](F)[C@H](n5cnc6c(N)ncnc65)O[C@@H]4COP(O)(=S)O[C@H]3[C@H]2O)c(=O)[nH]1.Nc1nc2c(ncn2[C@@H]2O[C@@H]3COP(O)(=S)O[C@H]4[C@@H](F)[C@H](n5cnc6c(N)ncnc65)O[C@@H]4COP(O)(=S)O[C@H]3[C@H]2O)c(=O)[nH]1.Nc1nc2c(ncn2[C@@H]2O[C@@H]3COP(O)(=S)O[C@H]4[C@@H](O)[C@H](n5cnc6c(N)ncnc65)O[C@@H]4COP(=O)(S)O[C@H]3[C@H]2F)c(=O)[nH]1. The normalized spacial score (nSPS) is 37.7. The number of aromatic amines is 3. The molecule has 6 unspecified atom stereocenters. The summed E-state index contributed by atoms with van der Waals surface area (Å²) in [4.78, 5) is 159. The first kappa shape index (κ1) is 96.0. The second kappa shape index (κ2) is 36.6. The minimum absolute atomic E-state index is 0.0258. The molecule has 0 bridgehead atoms. The molecule has 60 nitrogen and oxygen atoms in total. The topological polar surface area (TPSA) is 823 Å². The van der Waals surface area contributed by atoms with Crippen LogP contribution in [-0.4, -0.2) is 307 Å². The molecule has 9 saturated heterocycles. The number of halogens is 3. The quantitative estimate of drug-likeness (QED) is 0.0601. The summed E-state index contributed by atoms with van der Waals surface area (Å²) in [5.41, 5.74) is 33.3. The Balaban J connectivity index is 0.000000130. The number of ether oxygens (including phenoxy) is 6. The smallest absolute Gasteiger partial charge is 0.386 e. The molecule has 0 spiro atoms. The number of anilines is 6. The first-order valence-electron chi connectivity index (χ1n) is 38.7. The molecule has 12 aromatic rings. The summed E-state index contributed by atoms with van der Waals surface area (Å²) in [7, 11) is 0. The second-order valence-corrected chi connectivity index (χ2v) is 47.1. The minimum atomic E-state index is -4.39. The lowest BCUT2D eigenvalue weighted by molar-refractivity contribution is -0.0589. The summed E-state index contributed by atoms with van der Waals surface area (Å²) in [5, 5.41) is 33.7. The highest BCUT2D eigenvalue weighted by atomic mass is 32.7. The number of fused-ring (bicyclic) bond motifs is 12. The third kappa shape index (κ3) is 18.7. The van der Waals surface area contributed by atoms with Gasteiger partial charge in [-0.15, -0.1) is 0 Å². The monoisotopic (exact) mass is 2120 g/mol. The van der Waals surface area contributed by atoms with Gasteiger partial charge in [-0.05, 0) is 59.0 Å². The van der Waals surface area contributed by atoms with Gasteiger partial charge in [0.25, 0.3) is 16.7 Å². The van der Waals surface area contributed by atoms with Crippen LogP contribution in [0.3, 0.4) is 0 Å². The predicted octanol–water partition coefficient (Wildman–Crippen LogP) is -2.57. The van der Waals surface area contributed by atoms with E-state index in [0.29, 0.717) is 0 Å². The van der Waals surface area contributed by atoms with Gasteiger partial charge in [-0.2, -0.15) is 15.0 Å². The van der Waals surface area contributed by atoms with Gasteiger partial charge in [0.2, 0.25) is 17.8 Å². The van der Waals surface area contributed by atoms with Crippen molar-refractivity contribution in [3.63, 3.8) is 0 Å². The van der Waals surface area contributed by atoms with Gasteiger partial charge in [0, 0.05) is 0 Å². The maximum Gasteiger partial charge on any atom is 0.386 e. The van der Waals surface area contributed by atoms with E-state index < -0.39 is 244 Å². The van der Waals surface area contributed by atoms with Crippen LogP contribution in [0.2, 0.25) is 0 Å². The summed E-state index contributed by atoms with van der Waals surface area (Å²) < 4.78 is 171. The number of hydrogen-bond donors (Lipinski definition) is 18. The Bertz CT molecular complexity index is 6500. The highest BCUT2D eigenvalue weighted by Crippen LogP contribution is 2.61. The van der Waals surface area contributed by atoms with Crippen LogP contribution < -0.4 is 51.1 Å². The van der Waals surface area contributed by atoms with Crippen LogP contribution in [0, 0.1) is 0 Å². The van der Waals surface area contributed by atoms with Gasteiger partial charge >= 0.3 is 40.4 Å². The van der Waals surface area contributed by atoms with E-state index in [-0.39, 0.29) is 102 Å². The largest absolute Gasteiger partial charge is 0.386 e. The fraction of sp³-hybridized carbons (Fsp3) is 0.500. The van der Waals surface area contributed by atoms with E-state index >= 15 is 13.2 Å². The Labute approximate surface area is 776 Å². The fourth-order valence-corrected chi connectivity index (χ4v) is 24.5. The molecular weight excluding hydrogens is 2060 g/mol. The molecule has 0 saturated carbocycles. The molecule has 12 aromatic heterocycles. The Morgan fingerprint density at radius 1 is 0.333 bits per heavy atom. The Hall–Kier alpha value is -7.92. The van der Waals surface area contributed by atoms with Gasteiger partial charge < -0.3 is 125 Å². The van der Waals surface area contributed by atoms with Crippen LogP contribution in [0.25, 0.3) is 67.0 Å². The zero-order valence-corrected chi connectivity index (χ0v) is 77.4. The molecule has 0 radical (unpaired) electrons. The number of nitrogens with zero attached hydrogens (tertiary/aromatic N) is 21. The van der Waals surface area contributed by atoms with Crippen LogP contribution in [-0.2, 0) is 146 Å². The van der Waals surface area contributed by atoms with Gasteiger partial charge in [-0.3, -0.25) is 88.4 Å². The van der Waals surface area contributed by atoms with Gasteiger partial charge in [0.05, 0.1) is 77.6 Å². The number of aliphatic hydroxyl groups is 3.